The molecule has 1 atom stereocenters. The van der Waals surface area contributed by atoms with Gasteiger partial charge >= 0.3 is 6.03 Å². The van der Waals surface area contributed by atoms with Gasteiger partial charge in [0, 0.05) is 82.2 Å². The lowest BCUT2D eigenvalue weighted by molar-refractivity contribution is -0.137. The highest BCUT2D eigenvalue weighted by atomic mass is 35.5. The van der Waals surface area contributed by atoms with Gasteiger partial charge in [-0.15, -0.1) is 0 Å². The molecule has 66 heavy (non-hydrogen) atoms. The molecule has 3 aliphatic rings. The number of piperazine rings is 1. The first-order valence-electron chi connectivity index (χ1n) is 21.4. The number of hydrogen-bond donors (Lipinski definition) is 4. The number of likely N-dealkylation sites (N-methyl/N-ethyl adjacent to an activating group) is 1. The van der Waals surface area contributed by atoms with Gasteiger partial charge in [-0.3, -0.25) is 24.5 Å². The summed E-state index contributed by atoms with van der Waals surface area (Å²) in [6, 6.07) is 8.89. The van der Waals surface area contributed by atoms with Crippen molar-refractivity contribution in [3.8, 4) is 22.6 Å². The molecule has 19 nitrogen and oxygen atoms in total. The minimum Gasteiger partial charge on any atom is -0.507 e. The molecule has 1 aromatic heterocycles. The molecule has 2 saturated heterocycles. The normalized spacial score (nSPS) is 16.2. The highest BCUT2D eigenvalue weighted by molar-refractivity contribution is 6.34. The standard InChI is InChI=1S/C44H50ClF2N9O10/c1-53(15-16-63-17-18-64-19-20-65-21-22-66-27-5-6-28-26(23-27)25-56(42(28)61)32-7-8-34(58)50-41(32)60)35(59)9-10-49-44-51-39-29(40(52-44)54-11-13-55(14-12-54)43(48)62)24-30(45)36(38(39)47)37-31(46)3-2-4-33(37)57/h2-6,23-24,32,57H,7-22,25H2,1H3,(H2,48,62)(H,49,51,52)(H,50,58,60). The largest absolute Gasteiger partial charge is 0.507 e. The third-order valence-electron chi connectivity index (χ3n) is 11.3. The van der Waals surface area contributed by atoms with Gasteiger partial charge in [0.2, 0.25) is 23.7 Å². The molecular weight excluding hydrogens is 888 g/mol. The van der Waals surface area contributed by atoms with Gasteiger partial charge in [0.1, 0.15) is 41.3 Å². The lowest BCUT2D eigenvalue weighted by Gasteiger charge is -2.35. The molecule has 0 aliphatic carbocycles. The molecule has 4 heterocycles. The number of benzene rings is 3. The predicted octanol–water partition coefficient (Wildman–Crippen LogP) is 3.28. The maximum atomic E-state index is 16.4. The van der Waals surface area contributed by atoms with Crippen molar-refractivity contribution < 1.29 is 56.8 Å². The molecule has 2 fully saturated rings. The zero-order valence-corrected chi connectivity index (χ0v) is 36.9. The van der Waals surface area contributed by atoms with Crippen molar-refractivity contribution in [2.45, 2.75) is 31.8 Å². The average molecular weight is 938 g/mol. The Kier molecular flexibility index (Phi) is 15.6. The number of amides is 6. The summed E-state index contributed by atoms with van der Waals surface area (Å²) < 4.78 is 53.9. The van der Waals surface area contributed by atoms with E-state index in [0.29, 0.717) is 76.2 Å². The first-order chi connectivity index (χ1) is 31.8. The van der Waals surface area contributed by atoms with Crippen LogP contribution in [-0.4, -0.2) is 158 Å². The number of aromatic nitrogens is 2. The van der Waals surface area contributed by atoms with Crippen LogP contribution in [0.15, 0.2) is 42.5 Å². The lowest BCUT2D eigenvalue weighted by atomic mass is 10.0. The van der Waals surface area contributed by atoms with Crippen molar-refractivity contribution in [3.05, 3.63) is 70.2 Å². The van der Waals surface area contributed by atoms with E-state index in [-0.39, 0.29) is 97.4 Å². The zero-order chi connectivity index (χ0) is 46.9. The second-order valence-electron chi connectivity index (χ2n) is 15.7. The van der Waals surface area contributed by atoms with E-state index >= 15 is 4.39 Å². The lowest BCUT2D eigenvalue weighted by Crippen LogP contribution is -2.52. The van der Waals surface area contributed by atoms with Crippen LogP contribution in [0.4, 0.5) is 25.3 Å². The summed E-state index contributed by atoms with van der Waals surface area (Å²) in [4.78, 5) is 76.7. The van der Waals surface area contributed by atoms with E-state index in [1.54, 1.807) is 25.2 Å². The van der Waals surface area contributed by atoms with E-state index < -0.39 is 40.9 Å². The predicted molar refractivity (Wildman–Crippen MR) is 236 cm³/mol. The Morgan fingerprint density at radius 1 is 0.955 bits per heavy atom. The highest BCUT2D eigenvalue weighted by Crippen LogP contribution is 2.42. The van der Waals surface area contributed by atoms with Gasteiger partial charge in [0.25, 0.3) is 5.91 Å². The molecular formula is C44H50ClF2N9O10. The van der Waals surface area contributed by atoms with Gasteiger partial charge in [-0.05, 0) is 48.4 Å². The Morgan fingerprint density at radius 3 is 2.36 bits per heavy atom. The maximum Gasteiger partial charge on any atom is 0.314 e. The fourth-order valence-corrected chi connectivity index (χ4v) is 8.11. The molecule has 22 heteroatoms. The molecule has 352 valence electrons. The number of imide groups is 1. The summed E-state index contributed by atoms with van der Waals surface area (Å²) in [5, 5.41) is 15.8. The van der Waals surface area contributed by atoms with Crippen LogP contribution in [0.2, 0.25) is 5.02 Å². The van der Waals surface area contributed by atoms with E-state index in [1.807, 2.05) is 4.90 Å². The second-order valence-corrected chi connectivity index (χ2v) is 16.1. The molecule has 5 N–H and O–H groups in total. The van der Waals surface area contributed by atoms with Gasteiger partial charge in [0.15, 0.2) is 5.82 Å². The molecule has 0 bridgehead atoms. The number of hydrogen-bond acceptors (Lipinski definition) is 14. The van der Waals surface area contributed by atoms with E-state index in [9.17, 15) is 33.5 Å². The van der Waals surface area contributed by atoms with Gasteiger partial charge < -0.3 is 54.7 Å². The molecule has 0 spiro atoms. The Labute approximate surface area is 383 Å². The Bertz CT molecular complexity index is 2460. The van der Waals surface area contributed by atoms with Crippen molar-refractivity contribution in [1.82, 2.24) is 30.0 Å². The van der Waals surface area contributed by atoms with Crippen LogP contribution < -0.4 is 26.0 Å². The molecule has 1 unspecified atom stereocenters. The number of carbonyl (C=O) groups is 5. The maximum absolute atomic E-state index is 16.4. The van der Waals surface area contributed by atoms with Crippen LogP contribution in [0.25, 0.3) is 22.0 Å². The number of aromatic hydroxyl groups is 1. The first-order valence-corrected chi connectivity index (χ1v) is 21.8. The number of urea groups is 1. The van der Waals surface area contributed by atoms with Gasteiger partial charge in [-0.25, -0.2) is 18.6 Å². The summed E-state index contributed by atoms with van der Waals surface area (Å²) >= 11 is 6.53. The highest BCUT2D eigenvalue weighted by Gasteiger charge is 2.39. The van der Waals surface area contributed by atoms with Crippen LogP contribution in [0.5, 0.6) is 11.5 Å². The number of anilines is 2. The summed E-state index contributed by atoms with van der Waals surface area (Å²) in [5.74, 6) is -2.75. The molecule has 6 amide bonds. The Morgan fingerprint density at radius 2 is 1.67 bits per heavy atom. The molecule has 0 saturated carbocycles. The van der Waals surface area contributed by atoms with Crippen molar-refractivity contribution in [1.29, 1.82) is 0 Å². The number of primary amides is 1. The zero-order valence-electron chi connectivity index (χ0n) is 36.2. The number of ether oxygens (including phenoxy) is 4. The summed E-state index contributed by atoms with van der Waals surface area (Å²) in [6.07, 6.45) is 0.521. The molecule has 3 aliphatic heterocycles. The van der Waals surface area contributed by atoms with Crippen LogP contribution >= 0.6 is 11.6 Å². The fraction of sp³-hybridized carbons (Fsp3) is 0.432. The SMILES string of the molecule is CN(CCOCCOCCOCCOc1ccc2c(c1)CN(C1CCC(=O)NC1=O)C2=O)C(=O)CCNc1nc(N2CCN(C(N)=O)CC2)c2cc(Cl)c(-c3c(O)cccc3F)c(F)c2n1. The van der Waals surface area contributed by atoms with Crippen molar-refractivity contribution in [2.75, 3.05) is 103 Å². The second kappa shape index (κ2) is 21.7. The van der Waals surface area contributed by atoms with Gasteiger partial charge in [0.05, 0.1) is 50.2 Å². The van der Waals surface area contributed by atoms with Crippen molar-refractivity contribution in [2.24, 2.45) is 5.73 Å². The van der Waals surface area contributed by atoms with E-state index in [1.165, 1.54) is 32.9 Å². The topological polar surface area (TPSA) is 231 Å². The Balaban J connectivity index is 0.799. The quantitative estimate of drug-likeness (QED) is 0.0737. The van der Waals surface area contributed by atoms with Crippen LogP contribution in [-0.2, 0) is 35.1 Å². The van der Waals surface area contributed by atoms with Crippen LogP contribution in [0, 0.1) is 11.6 Å². The molecule has 0 radical (unpaired) electrons. The van der Waals surface area contributed by atoms with E-state index in [2.05, 4.69) is 20.6 Å². The fourth-order valence-electron chi connectivity index (χ4n) is 7.83. The first kappa shape index (κ1) is 47.5. The van der Waals surface area contributed by atoms with Crippen molar-refractivity contribution in [3.63, 3.8) is 0 Å². The minimum atomic E-state index is -0.977. The summed E-state index contributed by atoms with van der Waals surface area (Å²) in [5.41, 5.74) is 5.74. The number of fused-ring (bicyclic) bond motifs is 2. The summed E-state index contributed by atoms with van der Waals surface area (Å²) in [6.45, 7) is 3.98. The number of phenolic OH excluding ortho intramolecular Hbond substituents is 1. The van der Waals surface area contributed by atoms with E-state index in [0.717, 1.165) is 11.6 Å². The third-order valence-corrected chi connectivity index (χ3v) is 11.6. The van der Waals surface area contributed by atoms with Crippen molar-refractivity contribution >= 4 is 63.9 Å². The van der Waals surface area contributed by atoms with Gasteiger partial charge in [-0.2, -0.15) is 4.98 Å². The molecule has 4 aromatic rings. The number of nitrogens with two attached hydrogens (primary N) is 1. The van der Waals surface area contributed by atoms with Crippen LogP contribution in [0.1, 0.15) is 35.2 Å². The number of piperidine rings is 1. The summed E-state index contributed by atoms with van der Waals surface area (Å²) in [7, 11) is 1.64. The monoisotopic (exact) mass is 937 g/mol. The smallest absolute Gasteiger partial charge is 0.314 e. The third kappa shape index (κ3) is 11.1. The number of carbonyl (C=O) groups excluding carboxylic acids is 5. The van der Waals surface area contributed by atoms with Gasteiger partial charge in [-0.1, -0.05) is 17.7 Å². The number of rotatable bonds is 20. The minimum absolute atomic E-state index is 0.00491. The number of phenols is 1. The van der Waals surface area contributed by atoms with E-state index in [4.69, 9.17) is 36.3 Å². The Hall–Kier alpha value is -6.42. The number of halogens is 3. The van der Waals surface area contributed by atoms with Crippen LogP contribution in [0.3, 0.4) is 0 Å². The molecule has 3 aromatic carbocycles. The average Bonchev–Trinajstić information content (AvgIpc) is 3.62. The number of nitrogens with zero attached hydrogens (tertiary/aromatic N) is 6. The molecule has 7 rings (SSSR count). The number of nitrogens with one attached hydrogen (secondary N) is 2.